The van der Waals surface area contributed by atoms with Crippen LogP contribution in [0.1, 0.15) is 5.56 Å². The highest BCUT2D eigenvalue weighted by Crippen LogP contribution is 2.23. The van der Waals surface area contributed by atoms with Crippen molar-refractivity contribution in [2.45, 2.75) is 6.54 Å². The monoisotopic (exact) mass is 197 g/mol. The predicted octanol–water partition coefficient (Wildman–Crippen LogP) is 2.19. The molecule has 2 nitrogen and oxygen atoms in total. The van der Waals surface area contributed by atoms with E-state index in [4.69, 9.17) is 11.5 Å². The van der Waals surface area contributed by atoms with Crippen LogP contribution in [0.5, 0.6) is 0 Å². The van der Waals surface area contributed by atoms with Gasteiger partial charge in [-0.05, 0) is 41.0 Å². The Morgan fingerprint density at radius 1 is 1.07 bits per heavy atom. The Morgan fingerprint density at radius 3 is 2.47 bits per heavy atom. The molecule has 0 saturated heterocycles. The van der Waals surface area contributed by atoms with Gasteiger partial charge in [0.25, 0.3) is 0 Å². The Balaban J connectivity index is 2.49. The standard InChI is InChI=1S/C13H13N2/c14-9-11-3-1-2-4-13(11)10-5-7-12(15)8-6-10/h2-8H,9,14-15H2. The number of rotatable bonds is 2. The van der Waals surface area contributed by atoms with Gasteiger partial charge in [-0.1, -0.05) is 24.3 Å². The second kappa shape index (κ2) is 4.15. The zero-order chi connectivity index (χ0) is 10.7. The van der Waals surface area contributed by atoms with E-state index in [9.17, 15) is 0 Å². The molecule has 1 radical (unpaired) electrons. The van der Waals surface area contributed by atoms with Crippen molar-refractivity contribution in [1.29, 1.82) is 0 Å². The summed E-state index contributed by atoms with van der Waals surface area (Å²) >= 11 is 0. The van der Waals surface area contributed by atoms with E-state index in [1.165, 1.54) is 0 Å². The maximum absolute atomic E-state index is 5.67. The van der Waals surface area contributed by atoms with E-state index in [-0.39, 0.29) is 0 Å². The van der Waals surface area contributed by atoms with Gasteiger partial charge >= 0.3 is 0 Å². The van der Waals surface area contributed by atoms with Gasteiger partial charge in [-0.25, -0.2) is 0 Å². The molecule has 75 valence electrons. The first-order valence-corrected chi connectivity index (χ1v) is 4.86. The van der Waals surface area contributed by atoms with Crippen LogP contribution in [0.15, 0.2) is 42.5 Å². The van der Waals surface area contributed by atoms with Gasteiger partial charge in [0.2, 0.25) is 0 Å². The normalized spacial score (nSPS) is 10.2. The molecule has 0 aliphatic rings. The molecule has 0 unspecified atom stereocenters. The zero-order valence-electron chi connectivity index (χ0n) is 8.40. The number of hydrogen-bond donors (Lipinski definition) is 2. The number of benzene rings is 2. The molecule has 2 aromatic carbocycles. The predicted molar refractivity (Wildman–Crippen MR) is 63.0 cm³/mol. The van der Waals surface area contributed by atoms with Crippen molar-refractivity contribution in [2.75, 3.05) is 5.73 Å². The SMILES string of the molecule is NCc1c[c]ccc1-c1ccc(N)cc1. The minimum absolute atomic E-state index is 0.525. The summed E-state index contributed by atoms with van der Waals surface area (Å²) < 4.78 is 0. The van der Waals surface area contributed by atoms with Crippen molar-refractivity contribution in [3.05, 3.63) is 54.1 Å². The van der Waals surface area contributed by atoms with Crippen LogP contribution >= 0.6 is 0 Å². The third kappa shape index (κ3) is 2.00. The molecule has 15 heavy (non-hydrogen) atoms. The topological polar surface area (TPSA) is 52.0 Å². The minimum Gasteiger partial charge on any atom is -0.399 e. The second-order valence-electron chi connectivity index (χ2n) is 3.41. The summed E-state index contributed by atoms with van der Waals surface area (Å²) in [6, 6.07) is 16.7. The highest BCUT2D eigenvalue weighted by molar-refractivity contribution is 5.68. The van der Waals surface area contributed by atoms with E-state index in [1.54, 1.807) is 0 Å². The van der Waals surface area contributed by atoms with Gasteiger partial charge in [-0.15, -0.1) is 0 Å². The fraction of sp³-hybridized carbons (Fsp3) is 0.0769. The average molecular weight is 197 g/mol. The summed E-state index contributed by atoms with van der Waals surface area (Å²) in [5.74, 6) is 0. The summed E-state index contributed by atoms with van der Waals surface area (Å²) in [4.78, 5) is 0. The number of nitrogens with two attached hydrogens (primary N) is 2. The van der Waals surface area contributed by atoms with E-state index in [0.717, 1.165) is 22.4 Å². The van der Waals surface area contributed by atoms with Gasteiger partial charge in [-0.3, -0.25) is 0 Å². The van der Waals surface area contributed by atoms with Crippen molar-refractivity contribution in [3.63, 3.8) is 0 Å². The number of nitrogen functional groups attached to an aromatic ring is 1. The molecule has 0 atom stereocenters. The summed E-state index contributed by atoms with van der Waals surface area (Å²) in [5.41, 5.74) is 15.5. The zero-order valence-corrected chi connectivity index (χ0v) is 8.40. The molecule has 2 heteroatoms. The van der Waals surface area contributed by atoms with Crippen molar-refractivity contribution in [3.8, 4) is 11.1 Å². The van der Waals surface area contributed by atoms with Crippen molar-refractivity contribution >= 4 is 5.69 Å². The summed E-state index contributed by atoms with van der Waals surface area (Å²) in [5, 5.41) is 0. The lowest BCUT2D eigenvalue weighted by molar-refractivity contribution is 1.07. The maximum Gasteiger partial charge on any atom is 0.0314 e. The summed E-state index contributed by atoms with van der Waals surface area (Å²) in [6.07, 6.45) is 0. The molecule has 0 aromatic heterocycles. The molecule has 0 saturated carbocycles. The van der Waals surface area contributed by atoms with E-state index in [2.05, 4.69) is 6.07 Å². The molecule has 0 aliphatic carbocycles. The van der Waals surface area contributed by atoms with Gasteiger partial charge in [0.1, 0.15) is 0 Å². The first kappa shape index (κ1) is 9.74. The highest BCUT2D eigenvalue weighted by atomic mass is 14.5. The molecular formula is C13H13N2. The van der Waals surface area contributed by atoms with Crippen molar-refractivity contribution in [1.82, 2.24) is 0 Å². The number of hydrogen-bond acceptors (Lipinski definition) is 2. The Bertz CT molecular complexity index is 446. The van der Waals surface area contributed by atoms with Crippen molar-refractivity contribution < 1.29 is 0 Å². The lowest BCUT2D eigenvalue weighted by atomic mass is 10.00. The Hall–Kier alpha value is -1.80. The van der Waals surface area contributed by atoms with E-state index < -0.39 is 0 Å². The highest BCUT2D eigenvalue weighted by Gasteiger charge is 2.02. The van der Waals surface area contributed by atoms with E-state index >= 15 is 0 Å². The van der Waals surface area contributed by atoms with Crippen molar-refractivity contribution in [2.24, 2.45) is 5.73 Å². The first-order valence-electron chi connectivity index (χ1n) is 4.86. The lowest BCUT2D eigenvalue weighted by Gasteiger charge is -2.07. The van der Waals surface area contributed by atoms with Crippen LogP contribution in [-0.2, 0) is 6.54 Å². The van der Waals surface area contributed by atoms with Crippen LogP contribution in [0.3, 0.4) is 0 Å². The van der Waals surface area contributed by atoms with Crippen LogP contribution in [0, 0.1) is 6.07 Å². The Morgan fingerprint density at radius 2 is 1.80 bits per heavy atom. The average Bonchev–Trinajstić information content (AvgIpc) is 2.30. The second-order valence-corrected chi connectivity index (χ2v) is 3.41. The number of anilines is 1. The summed E-state index contributed by atoms with van der Waals surface area (Å²) in [7, 11) is 0. The molecular weight excluding hydrogens is 184 g/mol. The van der Waals surface area contributed by atoms with E-state index in [0.29, 0.717) is 6.54 Å². The fourth-order valence-electron chi connectivity index (χ4n) is 1.58. The first-order chi connectivity index (χ1) is 7.31. The molecule has 0 aliphatic heterocycles. The molecule has 0 heterocycles. The summed E-state index contributed by atoms with van der Waals surface area (Å²) in [6.45, 7) is 0.525. The van der Waals surface area contributed by atoms with Crippen LogP contribution in [0.4, 0.5) is 5.69 Å². The molecule has 2 aromatic rings. The lowest BCUT2D eigenvalue weighted by Crippen LogP contribution is -1.98. The Labute approximate surface area is 89.5 Å². The third-order valence-electron chi connectivity index (χ3n) is 2.39. The van der Waals surface area contributed by atoms with Gasteiger partial charge in [-0.2, -0.15) is 0 Å². The fourth-order valence-corrected chi connectivity index (χ4v) is 1.58. The third-order valence-corrected chi connectivity index (χ3v) is 2.39. The quantitative estimate of drug-likeness (QED) is 0.725. The molecule has 0 fully saturated rings. The minimum atomic E-state index is 0.525. The van der Waals surface area contributed by atoms with Gasteiger partial charge in [0, 0.05) is 12.2 Å². The van der Waals surface area contributed by atoms with Crippen LogP contribution in [0.25, 0.3) is 11.1 Å². The smallest absolute Gasteiger partial charge is 0.0314 e. The van der Waals surface area contributed by atoms with Gasteiger partial charge in [0.05, 0.1) is 0 Å². The molecule has 0 bridgehead atoms. The molecule has 0 amide bonds. The largest absolute Gasteiger partial charge is 0.399 e. The Kier molecular flexibility index (Phi) is 2.70. The van der Waals surface area contributed by atoms with E-state index in [1.807, 2.05) is 42.5 Å². The van der Waals surface area contributed by atoms with Crippen LogP contribution < -0.4 is 11.5 Å². The van der Waals surface area contributed by atoms with Gasteiger partial charge < -0.3 is 11.5 Å². The molecule has 0 spiro atoms. The molecule has 4 N–H and O–H groups in total. The van der Waals surface area contributed by atoms with Crippen LogP contribution in [0.2, 0.25) is 0 Å². The molecule has 2 rings (SSSR count). The van der Waals surface area contributed by atoms with Crippen LogP contribution in [-0.4, -0.2) is 0 Å². The van der Waals surface area contributed by atoms with Gasteiger partial charge in [0.15, 0.2) is 0 Å². The maximum atomic E-state index is 5.67.